The van der Waals surface area contributed by atoms with Gasteiger partial charge in [0.1, 0.15) is 22.9 Å². The molecule has 11 heteroatoms. The Morgan fingerprint density at radius 3 is 2.79 bits per heavy atom. The number of nitrogens with one attached hydrogen (secondary N) is 1. The molecule has 2 aliphatic rings. The lowest BCUT2D eigenvalue weighted by atomic mass is 10.0. The molecule has 0 amide bonds. The maximum absolute atomic E-state index is 13.1. The molecular formula is C23H24F2N6O3. The SMILES string of the molecule is CC1(C)OC(=O)c2ccc(Nc3cc(N4CCC[C@H](O)C4)c(-c4cnn(C(F)F)c4)cn3)nc21. The van der Waals surface area contributed by atoms with Crippen LogP contribution >= 0.6 is 0 Å². The van der Waals surface area contributed by atoms with Gasteiger partial charge >= 0.3 is 12.5 Å². The first kappa shape index (κ1) is 22.2. The Bertz CT molecular complexity index is 1250. The van der Waals surface area contributed by atoms with Crippen molar-refractivity contribution in [2.24, 2.45) is 0 Å². The third-order valence-electron chi connectivity index (χ3n) is 6.02. The van der Waals surface area contributed by atoms with Crippen molar-refractivity contribution < 1.29 is 23.4 Å². The predicted molar refractivity (Wildman–Crippen MR) is 120 cm³/mol. The number of aliphatic hydroxyl groups excluding tert-OH is 1. The summed E-state index contributed by atoms with van der Waals surface area (Å²) in [5, 5.41) is 17.1. The fraction of sp³-hybridized carbons (Fsp3) is 0.391. The number of carbonyl (C=O) groups excluding carboxylic acids is 1. The highest BCUT2D eigenvalue weighted by atomic mass is 19.3. The normalized spacial score (nSPS) is 19.3. The third kappa shape index (κ3) is 4.07. The number of fused-ring (bicyclic) bond motifs is 1. The van der Waals surface area contributed by atoms with Crippen LogP contribution in [0.4, 0.5) is 26.1 Å². The van der Waals surface area contributed by atoms with Gasteiger partial charge in [-0.3, -0.25) is 0 Å². The molecule has 0 radical (unpaired) electrons. The smallest absolute Gasteiger partial charge is 0.341 e. The fourth-order valence-electron chi connectivity index (χ4n) is 4.37. The number of aromatic nitrogens is 4. The van der Waals surface area contributed by atoms with Crippen molar-refractivity contribution >= 4 is 23.3 Å². The van der Waals surface area contributed by atoms with Crippen molar-refractivity contribution in [3.63, 3.8) is 0 Å². The van der Waals surface area contributed by atoms with Crippen molar-refractivity contribution in [3.8, 4) is 11.1 Å². The Morgan fingerprint density at radius 1 is 1.24 bits per heavy atom. The molecule has 2 N–H and O–H groups in total. The quantitative estimate of drug-likeness (QED) is 0.542. The zero-order valence-electron chi connectivity index (χ0n) is 18.7. The van der Waals surface area contributed by atoms with E-state index in [1.807, 2.05) is 4.90 Å². The second kappa shape index (κ2) is 8.32. The molecular weight excluding hydrogens is 446 g/mol. The average molecular weight is 470 g/mol. The number of alkyl halides is 2. The van der Waals surface area contributed by atoms with Gasteiger partial charge in [0.25, 0.3) is 0 Å². The number of anilines is 3. The number of ether oxygens (including phenoxy) is 1. The van der Waals surface area contributed by atoms with Gasteiger partial charge in [-0.25, -0.2) is 19.4 Å². The van der Waals surface area contributed by atoms with Crippen LogP contribution in [0.3, 0.4) is 0 Å². The van der Waals surface area contributed by atoms with E-state index in [1.54, 1.807) is 38.2 Å². The minimum Gasteiger partial charge on any atom is -0.449 e. The second-order valence-corrected chi connectivity index (χ2v) is 8.93. The monoisotopic (exact) mass is 470 g/mol. The average Bonchev–Trinajstić information content (AvgIpc) is 3.37. The molecule has 3 aromatic rings. The summed E-state index contributed by atoms with van der Waals surface area (Å²) in [4.78, 5) is 23.1. The molecule has 1 fully saturated rings. The minimum absolute atomic E-state index is 0.406. The molecule has 0 spiro atoms. The molecule has 178 valence electrons. The standard InChI is InChI=1S/C23H24F2N6O3/c1-23(2)20-15(21(33)34-23)5-6-18(29-20)28-19-8-17(30-7-3-4-14(32)12-30)16(10-26-19)13-9-27-31(11-13)22(24)25/h5-6,8-11,14,22,32H,3-4,7,12H2,1-2H3,(H,26,28,29)/t14-/m0/s1. The van der Waals surface area contributed by atoms with E-state index in [2.05, 4.69) is 20.4 Å². The molecule has 0 bridgehead atoms. The molecule has 5 heterocycles. The highest BCUT2D eigenvalue weighted by molar-refractivity contribution is 5.94. The van der Waals surface area contributed by atoms with Crippen LogP contribution in [-0.4, -0.2) is 50.0 Å². The number of cyclic esters (lactones) is 1. The van der Waals surface area contributed by atoms with Crippen LogP contribution in [0, 0.1) is 0 Å². The van der Waals surface area contributed by atoms with Gasteiger partial charge in [0, 0.05) is 42.7 Å². The maximum atomic E-state index is 13.1. The zero-order chi connectivity index (χ0) is 24.0. The van der Waals surface area contributed by atoms with E-state index >= 15 is 0 Å². The van der Waals surface area contributed by atoms with Gasteiger partial charge in [-0.1, -0.05) is 0 Å². The summed E-state index contributed by atoms with van der Waals surface area (Å²) in [6.45, 7) is 1.94. The summed E-state index contributed by atoms with van der Waals surface area (Å²) in [6, 6.07) is 5.14. The van der Waals surface area contributed by atoms with Crippen LogP contribution in [0.25, 0.3) is 11.1 Å². The topological polar surface area (TPSA) is 105 Å². The Morgan fingerprint density at radius 2 is 2.06 bits per heavy atom. The summed E-state index contributed by atoms with van der Waals surface area (Å²) in [7, 11) is 0. The number of hydrogen-bond donors (Lipinski definition) is 2. The van der Waals surface area contributed by atoms with Crippen LogP contribution in [0.2, 0.25) is 0 Å². The molecule has 1 atom stereocenters. The van der Waals surface area contributed by atoms with Crippen LogP contribution in [-0.2, 0) is 10.3 Å². The van der Waals surface area contributed by atoms with Crippen molar-refractivity contribution in [2.75, 3.05) is 23.3 Å². The summed E-state index contributed by atoms with van der Waals surface area (Å²) < 4.78 is 32.1. The molecule has 1 saturated heterocycles. The van der Waals surface area contributed by atoms with E-state index in [0.29, 0.717) is 58.2 Å². The first-order valence-corrected chi connectivity index (χ1v) is 11.0. The molecule has 3 aromatic heterocycles. The number of nitrogens with zero attached hydrogens (tertiary/aromatic N) is 5. The second-order valence-electron chi connectivity index (χ2n) is 8.93. The summed E-state index contributed by atoms with van der Waals surface area (Å²) in [5.41, 5.74) is 2.01. The number of esters is 1. The lowest BCUT2D eigenvalue weighted by Gasteiger charge is -2.33. The first-order valence-electron chi connectivity index (χ1n) is 11.0. The highest BCUT2D eigenvalue weighted by Gasteiger charge is 2.39. The van der Waals surface area contributed by atoms with Crippen LogP contribution in [0.15, 0.2) is 36.8 Å². The number of β-amino-alcohol motifs (C(OH)–C–C–N with tert-alkyl or cyclic N) is 1. The zero-order valence-corrected chi connectivity index (χ0v) is 18.7. The van der Waals surface area contributed by atoms with Gasteiger partial charge in [-0.2, -0.15) is 13.9 Å². The summed E-state index contributed by atoms with van der Waals surface area (Å²) in [5.74, 6) is 0.563. The van der Waals surface area contributed by atoms with Gasteiger partial charge in [0.2, 0.25) is 0 Å². The van der Waals surface area contributed by atoms with Gasteiger partial charge in [-0.05, 0) is 38.8 Å². The fourth-order valence-corrected chi connectivity index (χ4v) is 4.37. The van der Waals surface area contributed by atoms with Crippen LogP contribution < -0.4 is 10.2 Å². The summed E-state index contributed by atoms with van der Waals surface area (Å²) in [6.07, 6.45) is 5.28. The number of carbonyl (C=O) groups is 1. The molecule has 0 unspecified atom stereocenters. The number of halogens is 2. The van der Waals surface area contributed by atoms with E-state index in [4.69, 9.17) is 4.74 Å². The van der Waals surface area contributed by atoms with Crippen molar-refractivity contribution in [3.05, 3.63) is 48.0 Å². The number of piperidine rings is 1. The lowest BCUT2D eigenvalue weighted by Crippen LogP contribution is -2.38. The summed E-state index contributed by atoms with van der Waals surface area (Å²) >= 11 is 0. The Balaban J connectivity index is 1.50. The molecule has 0 aromatic carbocycles. The Labute approximate surface area is 194 Å². The number of hydrogen-bond acceptors (Lipinski definition) is 8. The van der Waals surface area contributed by atoms with Gasteiger partial charge in [-0.15, -0.1) is 0 Å². The Kier molecular flexibility index (Phi) is 5.43. The highest BCUT2D eigenvalue weighted by Crippen LogP contribution is 2.37. The van der Waals surface area contributed by atoms with Gasteiger partial charge in [0.15, 0.2) is 0 Å². The van der Waals surface area contributed by atoms with E-state index in [-0.39, 0.29) is 0 Å². The lowest BCUT2D eigenvalue weighted by molar-refractivity contribution is 0.00833. The Hall–Kier alpha value is -3.60. The largest absolute Gasteiger partial charge is 0.449 e. The number of rotatable bonds is 5. The van der Waals surface area contributed by atoms with E-state index < -0.39 is 24.2 Å². The van der Waals surface area contributed by atoms with Gasteiger partial charge in [0.05, 0.1) is 23.6 Å². The number of aliphatic hydroxyl groups is 1. The molecule has 9 nitrogen and oxygen atoms in total. The van der Waals surface area contributed by atoms with Crippen molar-refractivity contribution in [2.45, 2.75) is 44.9 Å². The van der Waals surface area contributed by atoms with Crippen molar-refractivity contribution in [1.29, 1.82) is 0 Å². The maximum Gasteiger partial charge on any atom is 0.341 e. The third-order valence-corrected chi connectivity index (χ3v) is 6.02. The minimum atomic E-state index is -2.74. The number of pyridine rings is 2. The van der Waals surface area contributed by atoms with Crippen LogP contribution in [0.5, 0.6) is 0 Å². The predicted octanol–water partition coefficient (Wildman–Crippen LogP) is 3.85. The van der Waals surface area contributed by atoms with Crippen molar-refractivity contribution in [1.82, 2.24) is 19.7 Å². The van der Waals surface area contributed by atoms with Crippen LogP contribution in [0.1, 0.15) is 49.3 Å². The van der Waals surface area contributed by atoms with Gasteiger partial charge < -0.3 is 20.1 Å². The molecule has 2 aliphatic heterocycles. The molecule has 0 aliphatic carbocycles. The molecule has 5 rings (SSSR count). The van der Waals surface area contributed by atoms with E-state index in [1.165, 1.54) is 12.4 Å². The van der Waals surface area contributed by atoms with E-state index in [9.17, 15) is 18.7 Å². The molecule has 34 heavy (non-hydrogen) atoms. The van der Waals surface area contributed by atoms with E-state index in [0.717, 1.165) is 12.1 Å². The molecule has 0 saturated carbocycles. The first-order chi connectivity index (χ1) is 16.2.